The van der Waals surface area contributed by atoms with Crippen molar-refractivity contribution in [2.75, 3.05) is 11.9 Å². The molecule has 2 rings (SSSR count). The Morgan fingerprint density at radius 2 is 1.76 bits per heavy atom. The molecule has 1 aromatic carbocycles. The summed E-state index contributed by atoms with van der Waals surface area (Å²) >= 11 is 12.3. The molecular weight excluding hydrogens is 307 g/mol. The largest absolute Gasteiger partial charge is 0.437 e. The van der Waals surface area contributed by atoms with E-state index in [2.05, 4.69) is 16.4 Å². The molecule has 112 valence electrons. The van der Waals surface area contributed by atoms with Gasteiger partial charge in [0.25, 0.3) is 0 Å². The van der Waals surface area contributed by atoms with Gasteiger partial charge in [0.1, 0.15) is 16.6 Å². The molecule has 0 unspecified atom stereocenters. The topological polar surface area (TPSA) is 34.2 Å². The fourth-order valence-corrected chi connectivity index (χ4v) is 2.46. The minimum atomic E-state index is 0.355. The van der Waals surface area contributed by atoms with Gasteiger partial charge in [0.2, 0.25) is 5.88 Å². The molecule has 3 nitrogen and oxygen atoms in total. The zero-order chi connectivity index (χ0) is 15.6. The second-order valence-corrected chi connectivity index (χ2v) is 5.71. The number of hydrogen-bond acceptors (Lipinski definition) is 3. The minimum Gasteiger partial charge on any atom is -0.437 e. The Hall–Kier alpha value is -1.45. The minimum absolute atomic E-state index is 0.355. The van der Waals surface area contributed by atoms with E-state index in [1.165, 1.54) is 0 Å². The Labute approximate surface area is 135 Å². The van der Waals surface area contributed by atoms with Crippen LogP contribution in [0.5, 0.6) is 11.6 Å². The van der Waals surface area contributed by atoms with E-state index in [1.807, 2.05) is 33.8 Å². The maximum atomic E-state index is 6.20. The molecule has 0 radical (unpaired) electrons. The molecule has 1 N–H and O–H groups in total. The van der Waals surface area contributed by atoms with E-state index in [9.17, 15) is 0 Å². The van der Waals surface area contributed by atoms with E-state index in [0.29, 0.717) is 21.7 Å². The number of nitrogens with one attached hydrogen (secondary N) is 1. The summed E-state index contributed by atoms with van der Waals surface area (Å²) in [7, 11) is 0. The van der Waals surface area contributed by atoms with Gasteiger partial charge in [-0.05, 0) is 50.5 Å². The molecule has 0 aliphatic heterocycles. The summed E-state index contributed by atoms with van der Waals surface area (Å²) in [5.41, 5.74) is 3.27. The van der Waals surface area contributed by atoms with Crippen molar-refractivity contribution >= 4 is 29.0 Å². The Balaban J connectivity index is 2.44. The first-order valence-electron chi connectivity index (χ1n) is 6.78. The van der Waals surface area contributed by atoms with Crippen LogP contribution < -0.4 is 10.1 Å². The van der Waals surface area contributed by atoms with Crippen LogP contribution >= 0.6 is 23.2 Å². The van der Waals surface area contributed by atoms with Gasteiger partial charge in [0.15, 0.2) is 0 Å². The molecule has 1 heterocycles. The number of ether oxygens (including phenoxy) is 1. The van der Waals surface area contributed by atoms with E-state index in [4.69, 9.17) is 27.9 Å². The summed E-state index contributed by atoms with van der Waals surface area (Å²) in [5.74, 6) is 1.71. The molecule has 21 heavy (non-hydrogen) atoms. The van der Waals surface area contributed by atoms with Gasteiger partial charge in [0, 0.05) is 6.54 Å². The van der Waals surface area contributed by atoms with Crippen LogP contribution in [-0.4, -0.2) is 11.5 Å². The highest BCUT2D eigenvalue weighted by molar-refractivity contribution is 6.36. The summed E-state index contributed by atoms with van der Waals surface area (Å²) in [5, 5.41) is 3.96. The highest BCUT2D eigenvalue weighted by Crippen LogP contribution is 2.36. The summed E-state index contributed by atoms with van der Waals surface area (Å²) in [6.07, 6.45) is 0. The normalized spacial score (nSPS) is 10.6. The van der Waals surface area contributed by atoms with Gasteiger partial charge in [-0.15, -0.1) is 0 Å². The van der Waals surface area contributed by atoms with Crippen LogP contribution in [0.4, 0.5) is 5.82 Å². The summed E-state index contributed by atoms with van der Waals surface area (Å²) in [6, 6.07) is 5.73. The first-order valence-corrected chi connectivity index (χ1v) is 7.54. The van der Waals surface area contributed by atoms with Crippen molar-refractivity contribution in [3.8, 4) is 11.6 Å². The number of hydrogen-bond donors (Lipinski definition) is 1. The van der Waals surface area contributed by atoms with Crippen LogP contribution in [0.2, 0.25) is 10.0 Å². The van der Waals surface area contributed by atoms with Crippen molar-refractivity contribution in [3.63, 3.8) is 0 Å². The van der Waals surface area contributed by atoms with Crippen molar-refractivity contribution < 1.29 is 4.74 Å². The standard InChI is InChI=1S/C16H18Cl2N2O/c1-5-19-15-12(17)8-13(18)16(20-15)21-14-10(3)7-6-9(2)11(14)4/h6-8H,5H2,1-4H3,(H,19,20). The lowest BCUT2D eigenvalue weighted by Gasteiger charge is -2.15. The Morgan fingerprint density at radius 1 is 1.10 bits per heavy atom. The van der Waals surface area contributed by atoms with Crippen LogP contribution in [0, 0.1) is 20.8 Å². The van der Waals surface area contributed by atoms with E-state index in [0.717, 1.165) is 29.0 Å². The molecule has 1 aromatic heterocycles. The SMILES string of the molecule is CCNc1nc(Oc2c(C)ccc(C)c2C)c(Cl)cc1Cl. The van der Waals surface area contributed by atoms with Gasteiger partial charge in [0.05, 0.1) is 5.02 Å². The lowest BCUT2D eigenvalue weighted by Crippen LogP contribution is -2.02. The van der Waals surface area contributed by atoms with Crippen molar-refractivity contribution in [1.82, 2.24) is 4.98 Å². The Kier molecular flexibility index (Phi) is 4.96. The fourth-order valence-electron chi connectivity index (χ4n) is 1.99. The van der Waals surface area contributed by atoms with E-state index >= 15 is 0 Å². The molecule has 0 aliphatic carbocycles. The zero-order valence-corrected chi connectivity index (χ0v) is 14.1. The molecule has 0 saturated heterocycles. The third-order valence-electron chi connectivity index (χ3n) is 3.31. The molecule has 0 fully saturated rings. The van der Waals surface area contributed by atoms with E-state index in [1.54, 1.807) is 6.07 Å². The van der Waals surface area contributed by atoms with Crippen molar-refractivity contribution in [1.29, 1.82) is 0 Å². The third kappa shape index (κ3) is 3.42. The number of benzene rings is 1. The first-order chi connectivity index (χ1) is 9.93. The number of nitrogens with zero attached hydrogens (tertiary/aromatic N) is 1. The number of pyridine rings is 1. The van der Waals surface area contributed by atoms with E-state index in [-0.39, 0.29) is 0 Å². The second kappa shape index (κ2) is 6.54. The summed E-state index contributed by atoms with van der Waals surface area (Å²) in [6.45, 7) is 8.75. The molecule has 0 amide bonds. The van der Waals surface area contributed by atoms with Crippen LogP contribution in [-0.2, 0) is 0 Å². The smallest absolute Gasteiger partial charge is 0.240 e. The van der Waals surface area contributed by atoms with Gasteiger partial charge < -0.3 is 10.1 Å². The van der Waals surface area contributed by atoms with Crippen LogP contribution in [0.25, 0.3) is 0 Å². The van der Waals surface area contributed by atoms with Gasteiger partial charge in [-0.1, -0.05) is 35.3 Å². The van der Waals surface area contributed by atoms with Crippen molar-refractivity contribution in [3.05, 3.63) is 44.9 Å². The van der Waals surface area contributed by atoms with Gasteiger partial charge in [-0.25, -0.2) is 0 Å². The molecule has 0 aliphatic rings. The molecule has 0 bridgehead atoms. The predicted molar refractivity (Wildman–Crippen MR) is 89.1 cm³/mol. The number of halogens is 2. The Morgan fingerprint density at radius 3 is 2.43 bits per heavy atom. The van der Waals surface area contributed by atoms with Gasteiger partial charge in [-0.3, -0.25) is 0 Å². The number of aromatic nitrogens is 1. The van der Waals surface area contributed by atoms with E-state index < -0.39 is 0 Å². The van der Waals surface area contributed by atoms with Crippen LogP contribution in [0.3, 0.4) is 0 Å². The van der Waals surface area contributed by atoms with Gasteiger partial charge in [-0.2, -0.15) is 4.98 Å². The maximum Gasteiger partial charge on any atom is 0.240 e. The number of anilines is 1. The van der Waals surface area contributed by atoms with Crippen molar-refractivity contribution in [2.45, 2.75) is 27.7 Å². The molecule has 0 spiro atoms. The Bertz CT molecular complexity index is 672. The predicted octanol–water partition coefficient (Wildman–Crippen LogP) is 5.54. The summed E-state index contributed by atoms with van der Waals surface area (Å²) < 4.78 is 5.95. The highest BCUT2D eigenvalue weighted by atomic mass is 35.5. The summed E-state index contributed by atoms with van der Waals surface area (Å²) in [4.78, 5) is 4.37. The maximum absolute atomic E-state index is 6.20. The zero-order valence-electron chi connectivity index (χ0n) is 12.6. The average molecular weight is 325 g/mol. The molecule has 0 atom stereocenters. The monoisotopic (exact) mass is 324 g/mol. The van der Waals surface area contributed by atoms with Crippen LogP contribution in [0.1, 0.15) is 23.6 Å². The number of rotatable bonds is 4. The quantitative estimate of drug-likeness (QED) is 0.801. The molecule has 0 saturated carbocycles. The van der Waals surface area contributed by atoms with Crippen LogP contribution in [0.15, 0.2) is 18.2 Å². The number of aryl methyl sites for hydroxylation is 2. The highest BCUT2D eigenvalue weighted by Gasteiger charge is 2.14. The molecule has 5 heteroatoms. The first kappa shape index (κ1) is 15.9. The third-order valence-corrected chi connectivity index (χ3v) is 3.87. The molecule has 2 aromatic rings. The lowest BCUT2D eigenvalue weighted by atomic mass is 10.1. The second-order valence-electron chi connectivity index (χ2n) is 4.89. The lowest BCUT2D eigenvalue weighted by molar-refractivity contribution is 0.456. The molecular formula is C16H18Cl2N2O. The van der Waals surface area contributed by atoms with Crippen molar-refractivity contribution in [2.24, 2.45) is 0 Å². The van der Waals surface area contributed by atoms with Gasteiger partial charge >= 0.3 is 0 Å². The fraction of sp³-hybridized carbons (Fsp3) is 0.312. The average Bonchev–Trinajstić information content (AvgIpc) is 2.44.